The van der Waals surface area contributed by atoms with Gasteiger partial charge in [-0.1, -0.05) is 60.2 Å². The van der Waals surface area contributed by atoms with Crippen LogP contribution in [-0.2, 0) is 16.0 Å². The molecule has 0 aliphatic rings. The summed E-state index contributed by atoms with van der Waals surface area (Å²) in [7, 11) is 0. The minimum Gasteiger partial charge on any atom is -0.457 e. The third kappa shape index (κ3) is 3.95. The molecule has 0 aliphatic heterocycles. The number of carbonyl (C=O) groups is 1. The lowest BCUT2D eigenvalue weighted by Gasteiger charge is -2.17. The van der Waals surface area contributed by atoms with Crippen molar-refractivity contribution in [1.29, 1.82) is 0 Å². The van der Waals surface area contributed by atoms with Gasteiger partial charge < -0.3 is 4.74 Å². The summed E-state index contributed by atoms with van der Waals surface area (Å²) >= 11 is 0. The second kappa shape index (κ2) is 6.19. The van der Waals surface area contributed by atoms with Gasteiger partial charge in [0.2, 0.25) is 0 Å². The molecule has 0 heterocycles. The molecule has 2 rings (SSSR count). The lowest BCUT2D eigenvalue weighted by Crippen LogP contribution is -2.11. The Bertz CT molecular complexity index is 529. The molecule has 0 bridgehead atoms. The molecule has 98 valence electrons. The van der Waals surface area contributed by atoms with Gasteiger partial charge in [0.05, 0.1) is 0 Å². The molecule has 2 aromatic carbocycles. The second-order valence-electron chi connectivity index (χ2n) is 4.70. The quantitative estimate of drug-likeness (QED) is 0.775. The van der Waals surface area contributed by atoms with Crippen LogP contribution in [0.5, 0.6) is 0 Å². The van der Waals surface area contributed by atoms with Crippen LogP contribution < -0.4 is 0 Å². The van der Waals surface area contributed by atoms with Crippen LogP contribution in [0.4, 0.5) is 0 Å². The van der Waals surface area contributed by atoms with E-state index in [1.807, 2.05) is 61.5 Å². The van der Waals surface area contributed by atoms with Crippen LogP contribution in [0.15, 0.2) is 54.6 Å². The van der Waals surface area contributed by atoms with E-state index in [-0.39, 0.29) is 12.1 Å². The molecule has 2 nitrogen and oxygen atoms in total. The summed E-state index contributed by atoms with van der Waals surface area (Å²) in [5, 5.41) is 0. The molecule has 0 N–H and O–H groups in total. The third-order valence-electron chi connectivity index (χ3n) is 3.02. The van der Waals surface area contributed by atoms with Crippen LogP contribution in [0.1, 0.15) is 29.7 Å². The zero-order valence-electron chi connectivity index (χ0n) is 11.3. The van der Waals surface area contributed by atoms with E-state index in [1.165, 1.54) is 12.5 Å². The summed E-state index contributed by atoms with van der Waals surface area (Å²) < 4.78 is 5.44. The van der Waals surface area contributed by atoms with Crippen molar-refractivity contribution in [2.75, 3.05) is 0 Å². The van der Waals surface area contributed by atoms with Crippen molar-refractivity contribution in [3.8, 4) is 0 Å². The molecule has 2 heteroatoms. The summed E-state index contributed by atoms with van der Waals surface area (Å²) in [6.45, 7) is 3.49. The summed E-state index contributed by atoms with van der Waals surface area (Å²) in [4.78, 5) is 11.3. The first kappa shape index (κ1) is 13.3. The normalized spacial score (nSPS) is 11.9. The van der Waals surface area contributed by atoms with Gasteiger partial charge in [-0.15, -0.1) is 0 Å². The van der Waals surface area contributed by atoms with E-state index in [9.17, 15) is 4.79 Å². The third-order valence-corrected chi connectivity index (χ3v) is 3.02. The van der Waals surface area contributed by atoms with Gasteiger partial charge in [0.1, 0.15) is 6.10 Å². The van der Waals surface area contributed by atoms with Gasteiger partial charge in [-0.2, -0.15) is 0 Å². The molecule has 0 fully saturated rings. The Balaban J connectivity index is 2.20. The van der Waals surface area contributed by atoms with E-state index in [4.69, 9.17) is 4.74 Å². The highest BCUT2D eigenvalue weighted by Crippen LogP contribution is 2.23. The molecule has 0 amide bonds. The molecule has 0 radical (unpaired) electrons. The number of esters is 1. The van der Waals surface area contributed by atoms with E-state index in [1.54, 1.807) is 0 Å². The minimum atomic E-state index is -0.249. The van der Waals surface area contributed by atoms with Crippen molar-refractivity contribution < 1.29 is 9.53 Å². The Morgan fingerprint density at radius 1 is 1.05 bits per heavy atom. The monoisotopic (exact) mass is 254 g/mol. The Morgan fingerprint density at radius 3 is 2.26 bits per heavy atom. The molecule has 0 unspecified atom stereocenters. The minimum absolute atomic E-state index is 0.222. The lowest BCUT2D eigenvalue weighted by molar-refractivity contribution is -0.146. The van der Waals surface area contributed by atoms with Crippen LogP contribution in [0, 0.1) is 6.92 Å². The van der Waals surface area contributed by atoms with E-state index in [0.717, 1.165) is 11.1 Å². The highest BCUT2D eigenvalue weighted by Gasteiger charge is 2.15. The van der Waals surface area contributed by atoms with Gasteiger partial charge in [-0.05, 0) is 18.1 Å². The molecule has 0 aromatic heterocycles. The molecule has 1 atom stereocenters. The molecule has 19 heavy (non-hydrogen) atoms. The summed E-state index contributed by atoms with van der Waals surface area (Å²) in [6.07, 6.45) is 0.476. The Hall–Kier alpha value is -2.09. The second-order valence-corrected chi connectivity index (χ2v) is 4.70. The standard InChI is InChI=1S/C17H18O2/c1-13-8-10-16(11-9-13)17(19-14(2)18)12-15-6-4-3-5-7-15/h3-11,17H,12H2,1-2H3/t17-/m1/s1. The fourth-order valence-corrected chi connectivity index (χ4v) is 2.04. The summed E-state index contributed by atoms with van der Waals surface area (Å²) in [5.41, 5.74) is 3.39. The average molecular weight is 254 g/mol. The zero-order valence-corrected chi connectivity index (χ0v) is 11.3. The number of rotatable bonds is 4. The number of aryl methyl sites for hydroxylation is 1. The van der Waals surface area contributed by atoms with Crippen molar-refractivity contribution in [2.24, 2.45) is 0 Å². The van der Waals surface area contributed by atoms with Gasteiger partial charge >= 0.3 is 5.97 Å². The number of ether oxygens (including phenoxy) is 1. The average Bonchev–Trinajstić information content (AvgIpc) is 2.39. The first-order valence-electron chi connectivity index (χ1n) is 6.43. The van der Waals surface area contributed by atoms with E-state index < -0.39 is 0 Å². The molecular weight excluding hydrogens is 236 g/mol. The van der Waals surface area contributed by atoms with Gasteiger partial charge in [0, 0.05) is 13.3 Å². The molecule has 0 saturated carbocycles. The predicted molar refractivity (Wildman–Crippen MR) is 75.8 cm³/mol. The van der Waals surface area contributed by atoms with Crippen molar-refractivity contribution in [3.63, 3.8) is 0 Å². The smallest absolute Gasteiger partial charge is 0.303 e. The van der Waals surface area contributed by atoms with Crippen LogP contribution in [0.25, 0.3) is 0 Å². The first-order valence-corrected chi connectivity index (χ1v) is 6.43. The Morgan fingerprint density at radius 2 is 1.68 bits per heavy atom. The Kier molecular flexibility index (Phi) is 4.35. The molecular formula is C17H18O2. The number of carbonyl (C=O) groups excluding carboxylic acids is 1. The highest BCUT2D eigenvalue weighted by atomic mass is 16.5. The molecule has 0 spiro atoms. The zero-order chi connectivity index (χ0) is 13.7. The van der Waals surface area contributed by atoms with Gasteiger partial charge in [0.25, 0.3) is 0 Å². The van der Waals surface area contributed by atoms with Crippen molar-refractivity contribution in [1.82, 2.24) is 0 Å². The number of benzene rings is 2. The number of hydrogen-bond acceptors (Lipinski definition) is 2. The van der Waals surface area contributed by atoms with Crippen molar-refractivity contribution in [2.45, 2.75) is 26.4 Å². The van der Waals surface area contributed by atoms with Crippen LogP contribution in [0.3, 0.4) is 0 Å². The maximum atomic E-state index is 11.3. The van der Waals surface area contributed by atoms with Crippen molar-refractivity contribution in [3.05, 3.63) is 71.3 Å². The fraction of sp³-hybridized carbons (Fsp3) is 0.235. The van der Waals surface area contributed by atoms with E-state index in [0.29, 0.717) is 6.42 Å². The molecule has 0 saturated heterocycles. The van der Waals surface area contributed by atoms with Crippen molar-refractivity contribution >= 4 is 5.97 Å². The van der Waals surface area contributed by atoms with Gasteiger partial charge in [-0.3, -0.25) is 4.79 Å². The summed E-state index contributed by atoms with van der Waals surface area (Å²) in [5.74, 6) is -0.249. The largest absolute Gasteiger partial charge is 0.457 e. The molecule has 0 aliphatic carbocycles. The Labute approximate surface area is 114 Å². The van der Waals surface area contributed by atoms with Gasteiger partial charge in [0.15, 0.2) is 0 Å². The topological polar surface area (TPSA) is 26.3 Å². The maximum Gasteiger partial charge on any atom is 0.303 e. The fourth-order valence-electron chi connectivity index (χ4n) is 2.04. The van der Waals surface area contributed by atoms with Gasteiger partial charge in [-0.25, -0.2) is 0 Å². The highest BCUT2D eigenvalue weighted by molar-refractivity contribution is 5.66. The van der Waals surface area contributed by atoms with E-state index >= 15 is 0 Å². The van der Waals surface area contributed by atoms with Crippen LogP contribution in [-0.4, -0.2) is 5.97 Å². The number of hydrogen-bond donors (Lipinski definition) is 0. The van der Waals surface area contributed by atoms with E-state index in [2.05, 4.69) is 0 Å². The first-order chi connectivity index (χ1) is 9.15. The predicted octanol–water partition coefficient (Wildman–Crippen LogP) is 3.84. The summed E-state index contributed by atoms with van der Waals surface area (Å²) in [6, 6.07) is 18.2. The molecule has 2 aromatic rings. The maximum absolute atomic E-state index is 11.3. The van der Waals surface area contributed by atoms with Crippen LogP contribution in [0.2, 0.25) is 0 Å². The SMILES string of the molecule is CC(=O)O[C@H](Cc1ccccc1)c1ccc(C)cc1. The lowest BCUT2D eigenvalue weighted by atomic mass is 10.0. The van der Waals surface area contributed by atoms with Crippen LogP contribution >= 0.6 is 0 Å².